The lowest BCUT2D eigenvalue weighted by Gasteiger charge is -2.36. The van der Waals surface area contributed by atoms with Crippen LogP contribution in [0.3, 0.4) is 0 Å². The summed E-state index contributed by atoms with van der Waals surface area (Å²) in [6.07, 6.45) is -4.41. The van der Waals surface area contributed by atoms with Gasteiger partial charge in [-0.2, -0.15) is 18.3 Å². The standard InChI is InChI=1S/C29H27F3N4O3/c1-38-24-10-6-20(7-11-24)26-19-27(36(33-26)22-8-12-25(39-2)13-9-22)28(37)35-16-14-34(15-17-35)23-5-3-4-21(18-23)29(30,31)32/h3-13,18-19H,14-17H2,1-2H3. The molecule has 1 aliphatic heterocycles. The van der Waals surface area contributed by atoms with Gasteiger partial charge in [0.25, 0.3) is 5.91 Å². The fraction of sp³-hybridized carbons (Fsp3) is 0.241. The number of benzene rings is 3. The maximum absolute atomic E-state index is 13.7. The Morgan fingerprint density at radius 2 is 1.41 bits per heavy atom. The summed E-state index contributed by atoms with van der Waals surface area (Å²) in [7, 11) is 3.18. The SMILES string of the molecule is COc1ccc(-c2cc(C(=O)N3CCN(c4cccc(C(F)(F)F)c4)CC3)n(-c3ccc(OC)cc3)n2)cc1. The molecule has 0 unspecified atom stereocenters. The molecule has 39 heavy (non-hydrogen) atoms. The lowest BCUT2D eigenvalue weighted by molar-refractivity contribution is -0.137. The molecule has 0 atom stereocenters. The molecule has 1 aromatic heterocycles. The average molecular weight is 537 g/mol. The molecule has 0 bridgehead atoms. The topological polar surface area (TPSA) is 59.8 Å². The van der Waals surface area contributed by atoms with E-state index in [2.05, 4.69) is 0 Å². The number of halogens is 3. The van der Waals surface area contributed by atoms with Crippen molar-refractivity contribution < 1.29 is 27.4 Å². The van der Waals surface area contributed by atoms with Crippen molar-refractivity contribution in [1.82, 2.24) is 14.7 Å². The van der Waals surface area contributed by atoms with Crippen LogP contribution in [0.4, 0.5) is 18.9 Å². The second kappa shape index (κ2) is 10.7. The molecule has 2 heterocycles. The van der Waals surface area contributed by atoms with Gasteiger partial charge in [-0.15, -0.1) is 0 Å². The summed E-state index contributed by atoms with van der Waals surface area (Å²) in [5.74, 6) is 1.19. The number of piperazine rings is 1. The molecule has 0 aliphatic carbocycles. The minimum Gasteiger partial charge on any atom is -0.497 e. The van der Waals surface area contributed by atoms with Crippen molar-refractivity contribution in [2.45, 2.75) is 6.18 Å². The molecular weight excluding hydrogens is 509 g/mol. The van der Waals surface area contributed by atoms with Crippen molar-refractivity contribution in [3.63, 3.8) is 0 Å². The Labute approximate surface area is 224 Å². The van der Waals surface area contributed by atoms with Gasteiger partial charge in [-0.25, -0.2) is 4.68 Å². The first kappa shape index (κ1) is 26.1. The number of carbonyl (C=O) groups is 1. The summed E-state index contributed by atoms with van der Waals surface area (Å²) in [5.41, 5.74) is 2.33. The lowest BCUT2D eigenvalue weighted by atomic mass is 10.1. The van der Waals surface area contributed by atoms with Gasteiger partial charge in [0.2, 0.25) is 0 Å². The number of aromatic nitrogens is 2. The van der Waals surface area contributed by atoms with E-state index in [9.17, 15) is 18.0 Å². The fourth-order valence-electron chi connectivity index (χ4n) is 4.57. The number of hydrogen-bond acceptors (Lipinski definition) is 5. The number of ether oxygens (including phenoxy) is 2. The van der Waals surface area contributed by atoms with Crippen LogP contribution in [0.1, 0.15) is 16.1 Å². The number of nitrogens with zero attached hydrogens (tertiary/aromatic N) is 4. The van der Waals surface area contributed by atoms with E-state index in [0.29, 0.717) is 60.4 Å². The molecule has 7 nitrogen and oxygen atoms in total. The predicted octanol–water partition coefficient (Wildman–Crippen LogP) is 5.54. The van der Waals surface area contributed by atoms with E-state index in [1.807, 2.05) is 41.3 Å². The third-order valence-electron chi connectivity index (χ3n) is 6.74. The Balaban J connectivity index is 1.40. The number of hydrogen-bond donors (Lipinski definition) is 0. The van der Waals surface area contributed by atoms with E-state index >= 15 is 0 Å². The number of alkyl halides is 3. The smallest absolute Gasteiger partial charge is 0.416 e. The molecule has 10 heteroatoms. The van der Waals surface area contributed by atoms with E-state index in [1.165, 1.54) is 6.07 Å². The highest BCUT2D eigenvalue weighted by Crippen LogP contribution is 2.32. The lowest BCUT2D eigenvalue weighted by Crippen LogP contribution is -2.49. The van der Waals surface area contributed by atoms with Crippen molar-refractivity contribution in [1.29, 1.82) is 0 Å². The van der Waals surface area contributed by atoms with Crippen LogP contribution in [0, 0.1) is 0 Å². The zero-order chi connectivity index (χ0) is 27.6. The summed E-state index contributed by atoms with van der Waals surface area (Å²) in [6.45, 7) is 1.55. The summed E-state index contributed by atoms with van der Waals surface area (Å²) >= 11 is 0. The van der Waals surface area contributed by atoms with E-state index < -0.39 is 11.7 Å². The van der Waals surface area contributed by atoms with Gasteiger partial charge < -0.3 is 19.3 Å². The highest BCUT2D eigenvalue weighted by molar-refractivity contribution is 5.94. The zero-order valence-electron chi connectivity index (χ0n) is 21.5. The minimum atomic E-state index is -4.41. The summed E-state index contributed by atoms with van der Waals surface area (Å²) in [4.78, 5) is 17.3. The fourth-order valence-corrected chi connectivity index (χ4v) is 4.57. The van der Waals surface area contributed by atoms with E-state index in [-0.39, 0.29) is 5.91 Å². The number of amides is 1. The second-order valence-corrected chi connectivity index (χ2v) is 9.08. The maximum atomic E-state index is 13.7. The largest absolute Gasteiger partial charge is 0.497 e. The van der Waals surface area contributed by atoms with Crippen molar-refractivity contribution in [2.24, 2.45) is 0 Å². The third kappa shape index (κ3) is 5.55. The van der Waals surface area contributed by atoms with Crippen LogP contribution < -0.4 is 14.4 Å². The summed E-state index contributed by atoms with van der Waals surface area (Å²) < 4.78 is 51.7. The minimum absolute atomic E-state index is 0.207. The predicted molar refractivity (Wildman–Crippen MR) is 142 cm³/mol. The molecule has 1 saturated heterocycles. The van der Waals surface area contributed by atoms with Crippen LogP contribution in [0.25, 0.3) is 16.9 Å². The molecule has 1 aliphatic rings. The Morgan fingerprint density at radius 1 is 0.795 bits per heavy atom. The van der Waals surface area contributed by atoms with Crippen LogP contribution in [0.2, 0.25) is 0 Å². The molecule has 0 N–H and O–H groups in total. The van der Waals surface area contributed by atoms with Crippen LogP contribution >= 0.6 is 0 Å². The third-order valence-corrected chi connectivity index (χ3v) is 6.74. The molecule has 4 aromatic rings. The van der Waals surface area contributed by atoms with Gasteiger partial charge in [-0.1, -0.05) is 6.07 Å². The number of anilines is 1. The van der Waals surface area contributed by atoms with E-state index in [4.69, 9.17) is 14.6 Å². The van der Waals surface area contributed by atoms with Crippen molar-refractivity contribution in [2.75, 3.05) is 45.3 Å². The van der Waals surface area contributed by atoms with Crippen LogP contribution in [-0.2, 0) is 6.18 Å². The van der Waals surface area contributed by atoms with Crippen LogP contribution in [0.5, 0.6) is 11.5 Å². The van der Waals surface area contributed by atoms with Crippen LogP contribution in [-0.4, -0.2) is 61.0 Å². The quantitative estimate of drug-likeness (QED) is 0.324. The average Bonchev–Trinajstić information content (AvgIpc) is 3.42. The zero-order valence-corrected chi connectivity index (χ0v) is 21.5. The number of carbonyl (C=O) groups excluding carboxylic acids is 1. The molecule has 1 amide bonds. The van der Waals surface area contributed by atoms with Gasteiger partial charge in [-0.3, -0.25) is 4.79 Å². The molecular formula is C29H27F3N4O3. The Morgan fingerprint density at radius 3 is 2.00 bits per heavy atom. The van der Waals surface area contributed by atoms with Gasteiger partial charge in [0.1, 0.15) is 17.2 Å². The number of methoxy groups -OCH3 is 2. The monoisotopic (exact) mass is 536 g/mol. The Kier molecular flexibility index (Phi) is 7.19. The first-order valence-corrected chi connectivity index (χ1v) is 12.4. The molecule has 0 radical (unpaired) electrons. The first-order chi connectivity index (χ1) is 18.8. The molecule has 0 spiro atoms. The van der Waals surface area contributed by atoms with Crippen molar-refractivity contribution in [3.8, 4) is 28.4 Å². The summed E-state index contributed by atoms with van der Waals surface area (Å²) in [5, 5.41) is 4.74. The van der Waals surface area contributed by atoms with E-state index in [0.717, 1.165) is 17.7 Å². The normalized spacial score (nSPS) is 13.9. The van der Waals surface area contributed by atoms with Crippen LogP contribution in [0.15, 0.2) is 78.9 Å². The molecule has 202 valence electrons. The van der Waals surface area contributed by atoms with Gasteiger partial charge in [0.15, 0.2) is 0 Å². The van der Waals surface area contributed by atoms with Gasteiger partial charge >= 0.3 is 6.18 Å². The highest BCUT2D eigenvalue weighted by atomic mass is 19.4. The molecule has 0 saturated carbocycles. The van der Waals surface area contributed by atoms with E-state index in [1.54, 1.807) is 48.1 Å². The van der Waals surface area contributed by atoms with Gasteiger partial charge in [-0.05, 0) is 72.8 Å². The molecule has 1 fully saturated rings. The second-order valence-electron chi connectivity index (χ2n) is 9.08. The number of rotatable bonds is 6. The molecule has 3 aromatic carbocycles. The van der Waals surface area contributed by atoms with Gasteiger partial charge in [0, 0.05) is 37.4 Å². The maximum Gasteiger partial charge on any atom is 0.416 e. The van der Waals surface area contributed by atoms with Crippen molar-refractivity contribution in [3.05, 3.63) is 90.1 Å². The molecule has 5 rings (SSSR count). The van der Waals surface area contributed by atoms with Gasteiger partial charge in [0.05, 0.1) is 31.2 Å². The Hall–Kier alpha value is -4.47. The first-order valence-electron chi connectivity index (χ1n) is 12.4. The summed E-state index contributed by atoms with van der Waals surface area (Å²) in [6, 6.07) is 21.7. The van der Waals surface area contributed by atoms with Crippen molar-refractivity contribution >= 4 is 11.6 Å². The highest BCUT2D eigenvalue weighted by Gasteiger charge is 2.32. The Bertz CT molecular complexity index is 1440.